The minimum Gasteiger partial charge on any atom is -0.445 e. The molecular formula is C23H22ClN3O4. The summed E-state index contributed by atoms with van der Waals surface area (Å²) in [5.41, 5.74) is 2.08. The van der Waals surface area contributed by atoms with Crippen LogP contribution in [0.25, 0.3) is 0 Å². The van der Waals surface area contributed by atoms with E-state index in [1.165, 1.54) is 14.0 Å². The number of nitrogens with zero attached hydrogens (tertiary/aromatic N) is 3. The third-order valence-corrected chi connectivity index (χ3v) is 5.71. The molecule has 4 rings (SSSR count). The van der Waals surface area contributed by atoms with Gasteiger partial charge in [-0.3, -0.25) is 9.36 Å². The number of benzene rings is 2. The number of carbonyl (C=O) groups is 1. The fraction of sp³-hybridized carbons (Fsp3) is 0.261. The topological polar surface area (TPSA) is 73.5 Å². The zero-order valence-electron chi connectivity index (χ0n) is 17.1. The number of aromatic nitrogens is 2. The minimum atomic E-state index is -0.497. The summed E-state index contributed by atoms with van der Waals surface area (Å²) in [6.07, 6.45) is -0.0816. The quantitative estimate of drug-likeness (QED) is 0.626. The minimum absolute atomic E-state index is 0.108. The van der Waals surface area contributed by atoms with Crippen LogP contribution in [0.15, 0.2) is 64.2 Å². The molecule has 0 bridgehead atoms. The molecule has 0 spiro atoms. The Hall–Kier alpha value is -3.32. The summed E-state index contributed by atoms with van der Waals surface area (Å²) >= 11 is 5.87. The first-order valence-electron chi connectivity index (χ1n) is 9.95. The van der Waals surface area contributed by atoms with E-state index in [1.54, 1.807) is 31.3 Å². The van der Waals surface area contributed by atoms with E-state index in [1.807, 2.05) is 30.3 Å². The van der Waals surface area contributed by atoms with Gasteiger partial charge in [0.25, 0.3) is 5.56 Å². The van der Waals surface area contributed by atoms with E-state index in [2.05, 4.69) is 0 Å². The third-order valence-electron chi connectivity index (χ3n) is 5.46. The summed E-state index contributed by atoms with van der Waals surface area (Å²) in [6.45, 7) is 0.782. The second-order valence-electron chi connectivity index (χ2n) is 7.50. The van der Waals surface area contributed by atoms with Crippen LogP contribution in [0.2, 0.25) is 5.02 Å². The maximum absolute atomic E-state index is 13.1. The first-order chi connectivity index (χ1) is 14.9. The van der Waals surface area contributed by atoms with Crippen LogP contribution in [0.5, 0.6) is 0 Å². The van der Waals surface area contributed by atoms with Gasteiger partial charge in [0, 0.05) is 30.7 Å². The van der Waals surface area contributed by atoms with Crippen LogP contribution in [-0.4, -0.2) is 26.7 Å². The van der Waals surface area contributed by atoms with Gasteiger partial charge in [-0.1, -0.05) is 54.1 Å². The molecule has 31 heavy (non-hydrogen) atoms. The number of hydrogen-bond donors (Lipinski definition) is 0. The first kappa shape index (κ1) is 20.9. The van der Waals surface area contributed by atoms with E-state index in [4.69, 9.17) is 16.3 Å². The highest BCUT2D eigenvalue weighted by atomic mass is 35.5. The molecule has 0 radical (unpaired) electrons. The Balaban J connectivity index is 1.55. The lowest BCUT2D eigenvalue weighted by Crippen LogP contribution is -2.48. The van der Waals surface area contributed by atoms with Gasteiger partial charge >= 0.3 is 11.8 Å². The molecule has 1 aliphatic rings. The van der Waals surface area contributed by atoms with Crippen molar-refractivity contribution >= 4 is 17.7 Å². The lowest BCUT2D eigenvalue weighted by atomic mass is 10.1. The summed E-state index contributed by atoms with van der Waals surface area (Å²) in [5.74, 6) is 0. The van der Waals surface area contributed by atoms with Gasteiger partial charge in [0.05, 0.1) is 18.7 Å². The van der Waals surface area contributed by atoms with Crippen LogP contribution in [0.3, 0.4) is 0 Å². The summed E-state index contributed by atoms with van der Waals surface area (Å²) < 4.78 is 8.14. The Kier molecular flexibility index (Phi) is 5.95. The average molecular weight is 440 g/mol. The third kappa shape index (κ3) is 4.41. The second-order valence-corrected chi connectivity index (χ2v) is 7.93. The summed E-state index contributed by atoms with van der Waals surface area (Å²) in [4.78, 5) is 40.0. The van der Waals surface area contributed by atoms with E-state index in [0.29, 0.717) is 29.2 Å². The molecule has 1 aromatic heterocycles. The van der Waals surface area contributed by atoms with Crippen LogP contribution in [-0.2, 0) is 37.9 Å². The van der Waals surface area contributed by atoms with Gasteiger partial charge in [-0.05, 0) is 23.3 Å². The van der Waals surface area contributed by atoms with Crippen LogP contribution in [0, 0.1) is 0 Å². The number of halogens is 1. The van der Waals surface area contributed by atoms with Gasteiger partial charge in [0.15, 0.2) is 0 Å². The molecule has 0 saturated heterocycles. The second kappa shape index (κ2) is 8.81. The van der Waals surface area contributed by atoms with Crippen molar-refractivity contribution in [2.75, 3.05) is 6.54 Å². The number of fused-ring (bicyclic) bond motifs is 1. The zero-order valence-corrected chi connectivity index (χ0v) is 17.8. The molecule has 3 aromatic rings. The summed E-state index contributed by atoms with van der Waals surface area (Å²) in [5, 5.41) is 0.611. The highest BCUT2D eigenvalue weighted by Crippen LogP contribution is 2.16. The van der Waals surface area contributed by atoms with Crippen LogP contribution in [0.1, 0.15) is 22.4 Å². The van der Waals surface area contributed by atoms with Crippen LogP contribution in [0.4, 0.5) is 4.79 Å². The Labute approximate surface area is 184 Å². The Morgan fingerprint density at radius 3 is 2.45 bits per heavy atom. The Morgan fingerprint density at radius 1 is 1.03 bits per heavy atom. The van der Waals surface area contributed by atoms with Crippen molar-refractivity contribution in [3.8, 4) is 0 Å². The van der Waals surface area contributed by atoms with Crippen molar-refractivity contribution in [2.24, 2.45) is 7.05 Å². The number of amides is 1. The number of carbonyl (C=O) groups excluding carboxylic acids is 1. The van der Waals surface area contributed by atoms with Crippen molar-refractivity contribution < 1.29 is 9.53 Å². The predicted octanol–water partition coefficient (Wildman–Crippen LogP) is 2.94. The first-order valence-corrected chi connectivity index (χ1v) is 10.3. The van der Waals surface area contributed by atoms with Crippen molar-refractivity contribution in [3.05, 3.63) is 103 Å². The fourth-order valence-electron chi connectivity index (χ4n) is 3.74. The lowest BCUT2D eigenvalue weighted by molar-refractivity contribution is 0.0909. The smallest absolute Gasteiger partial charge is 0.410 e. The fourth-order valence-corrected chi connectivity index (χ4v) is 3.86. The van der Waals surface area contributed by atoms with Gasteiger partial charge in [0.1, 0.15) is 6.61 Å². The summed E-state index contributed by atoms with van der Waals surface area (Å²) in [6, 6.07) is 16.4. The molecule has 8 heteroatoms. The molecule has 0 unspecified atom stereocenters. The maximum atomic E-state index is 13.1. The van der Waals surface area contributed by atoms with E-state index in [-0.39, 0.29) is 30.9 Å². The Morgan fingerprint density at radius 2 is 1.74 bits per heavy atom. The maximum Gasteiger partial charge on any atom is 0.410 e. The average Bonchev–Trinajstić information content (AvgIpc) is 2.80. The van der Waals surface area contributed by atoms with Gasteiger partial charge in [-0.25, -0.2) is 9.59 Å². The molecule has 7 nitrogen and oxygen atoms in total. The molecule has 0 N–H and O–H groups in total. The number of rotatable bonds is 4. The number of hydrogen-bond acceptors (Lipinski definition) is 4. The van der Waals surface area contributed by atoms with E-state index in [9.17, 15) is 14.4 Å². The van der Waals surface area contributed by atoms with Gasteiger partial charge in [-0.15, -0.1) is 0 Å². The number of ether oxygens (including phenoxy) is 1. The van der Waals surface area contributed by atoms with E-state index < -0.39 is 6.09 Å². The standard InChI is InChI=1S/C23H22ClN3O4/c1-25-20-11-12-26(23(30)31-15-17-7-9-18(24)10-8-17)14-19(20)21(28)27(22(25)29)13-16-5-3-2-4-6-16/h2-10H,11-15H2,1H3. The lowest BCUT2D eigenvalue weighted by Gasteiger charge is -2.29. The van der Waals surface area contributed by atoms with Gasteiger partial charge in [-0.2, -0.15) is 0 Å². The SMILES string of the molecule is Cn1c2c(c(=O)n(Cc3ccccc3)c1=O)CN(C(=O)OCc1ccc(Cl)cc1)CC2. The molecule has 0 atom stereocenters. The van der Waals surface area contributed by atoms with Crippen molar-refractivity contribution in [2.45, 2.75) is 26.1 Å². The van der Waals surface area contributed by atoms with E-state index >= 15 is 0 Å². The van der Waals surface area contributed by atoms with Crippen molar-refractivity contribution in [1.29, 1.82) is 0 Å². The van der Waals surface area contributed by atoms with Crippen molar-refractivity contribution in [1.82, 2.24) is 14.0 Å². The molecule has 160 valence electrons. The molecule has 0 aliphatic carbocycles. The van der Waals surface area contributed by atoms with Gasteiger partial charge in [0.2, 0.25) is 0 Å². The highest BCUT2D eigenvalue weighted by Gasteiger charge is 2.27. The monoisotopic (exact) mass is 439 g/mol. The predicted molar refractivity (Wildman–Crippen MR) is 117 cm³/mol. The molecule has 1 amide bonds. The zero-order chi connectivity index (χ0) is 22.0. The normalized spacial score (nSPS) is 13.0. The van der Waals surface area contributed by atoms with Crippen LogP contribution < -0.4 is 11.2 Å². The highest BCUT2D eigenvalue weighted by molar-refractivity contribution is 6.30. The molecule has 1 aliphatic heterocycles. The van der Waals surface area contributed by atoms with E-state index in [0.717, 1.165) is 11.1 Å². The molecular weight excluding hydrogens is 418 g/mol. The Bertz CT molecular complexity index is 1220. The van der Waals surface area contributed by atoms with Crippen molar-refractivity contribution in [3.63, 3.8) is 0 Å². The molecule has 0 saturated carbocycles. The largest absolute Gasteiger partial charge is 0.445 e. The molecule has 2 aromatic carbocycles. The molecule has 2 heterocycles. The summed E-state index contributed by atoms with van der Waals surface area (Å²) in [7, 11) is 1.66. The molecule has 0 fully saturated rings. The van der Waals surface area contributed by atoms with Crippen LogP contribution >= 0.6 is 11.6 Å². The van der Waals surface area contributed by atoms with Gasteiger partial charge < -0.3 is 14.2 Å².